The van der Waals surface area contributed by atoms with E-state index in [9.17, 15) is 13.2 Å². The summed E-state index contributed by atoms with van der Waals surface area (Å²) in [5.41, 5.74) is 1.01. The third-order valence-corrected chi connectivity index (χ3v) is 3.11. The van der Waals surface area contributed by atoms with E-state index in [2.05, 4.69) is 15.6 Å². The Labute approximate surface area is 134 Å². The summed E-state index contributed by atoms with van der Waals surface area (Å²) in [7, 11) is 0. The van der Waals surface area contributed by atoms with Gasteiger partial charge in [0, 0.05) is 24.5 Å². The van der Waals surface area contributed by atoms with Gasteiger partial charge < -0.3 is 10.6 Å². The SMILES string of the molecule is CCNC(=NCc1ccc(Cl)cc1)NCCCCC(F)(F)F. The molecule has 1 aromatic carbocycles. The van der Waals surface area contributed by atoms with Crippen LogP contribution in [0.1, 0.15) is 31.7 Å². The topological polar surface area (TPSA) is 36.4 Å². The fourth-order valence-corrected chi connectivity index (χ4v) is 1.89. The zero-order valence-electron chi connectivity index (χ0n) is 12.5. The van der Waals surface area contributed by atoms with Crippen molar-refractivity contribution < 1.29 is 13.2 Å². The van der Waals surface area contributed by atoms with Crippen LogP contribution in [0.3, 0.4) is 0 Å². The summed E-state index contributed by atoms with van der Waals surface area (Å²) >= 11 is 5.81. The third-order valence-electron chi connectivity index (χ3n) is 2.86. The molecule has 0 saturated heterocycles. The molecule has 1 aromatic rings. The van der Waals surface area contributed by atoms with Gasteiger partial charge in [-0.2, -0.15) is 13.2 Å². The molecule has 0 amide bonds. The molecule has 0 aliphatic carbocycles. The summed E-state index contributed by atoms with van der Waals surface area (Å²) in [6, 6.07) is 7.37. The molecular weight excluding hydrogens is 315 g/mol. The summed E-state index contributed by atoms with van der Waals surface area (Å²) in [4.78, 5) is 4.39. The Hall–Kier alpha value is -1.43. The number of halogens is 4. The van der Waals surface area contributed by atoms with E-state index in [4.69, 9.17) is 11.6 Å². The molecule has 124 valence electrons. The van der Waals surface area contributed by atoms with Crippen LogP contribution in [0, 0.1) is 0 Å². The van der Waals surface area contributed by atoms with Gasteiger partial charge in [-0.1, -0.05) is 23.7 Å². The average Bonchev–Trinajstić information content (AvgIpc) is 2.44. The largest absolute Gasteiger partial charge is 0.389 e. The molecule has 0 fully saturated rings. The van der Waals surface area contributed by atoms with E-state index in [1.54, 1.807) is 12.1 Å². The number of nitrogens with zero attached hydrogens (tertiary/aromatic N) is 1. The van der Waals surface area contributed by atoms with Gasteiger partial charge in [-0.25, -0.2) is 4.99 Å². The van der Waals surface area contributed by atoms with Crippen molar-refractivity contribution in [2.45, 2.75) is 38.9 Å². The fraction of sp³-hybridized carbons (Fsp3) is 0.533. The van der Waals surface area contributed by atoms with Crippen molar-refractivity contribution in [2.75, 3.05) is 13.1 Å². The monoisotopic (exact) mass is 335 g/mol. The number of unbranched alkanes of at least 4 members (excludes halogenated alkanes) is 1. The Balaban J connectivity index is 2.37. The Bertz CT molecular complexity index is 458. The lowest BCUT2D eigenvalue weighted by molar-refractivity contribution is -0.135. The second-order valence-corrected chi connectivity index (χ2v) is 5.26. The van der Waals surface area contributed by atoms with Crippen molar-refractivity contribution in [3.05, 3.63) is 34.9 Å². The van der Waals surface area contributed by atoms with Gasteiger partial charge in [0.1, 0.15) is 0 Å². The molecule has 0 bridgehead atoms. The second-order valence-electron chi connectivity index (χ2n) is 4.82. The molecule has 0 aliphatic rings. The molecule has 0 atom stereocenters. The Morgan fingerprint density at radius 3 is 2.41 bits per heavy atom. The Morgan fingerprint density at radius 1 is 1.14 bits per heavy atom. The first kappa shape index (κ1) is 18.6. The van der Waals surface area contributed by atoms with Crippen LogP contribution in [0.4, 0.5) is 13.2 Å². The van der Waals surface area contributed by atoms with Crippen LogP contribution < -0.4 is 10.6 Å². The maximum Gasteiger partial charge on any atom is 0.389 e. The molecule has 7 heteroatoms. The lowest BCUT2D eigenvalue weighted by Gasteiger charge is -2.11. The van der Waals surface area contributed by atoms with Gasteiger partial charge >= 0.3 is 6.18 Å². The summed E-state index contributed by atoms with van der Waals surface area (Å²) in [5.74, 6) is 0.601. The number of nitrogens with one attached hydrogen (secondary N) is 2. The molecule has 0 heterocycles. The van der Waals surface area contributed by atoms with Crippen molar-refractivity contribution in [3.8, 4) is 0 Å². The zero-order chi connectivity index (χ0) is 16.4. The smallest absolute Gasteiger partial charge is 0.357 e. The quantitative estimate of drug-likeness (QED) is 0.446. The predicted octanol–water partition coefficient (Wildman–Crippen LogP) is 4.13. The number of rotatable bonds is 7. The van der Waals surface area contributed by atoms with Crippen molar-refractivity contribution in [1.82, 2.24) is 10.6 Å². The number of hydrogen-bond acceptors (Lipinski definition) is 1. The number of benzene rings is 1. The molecule has 22 heavy (non-hydrogen) atoms. The number of alkyl halides is 3. The van der Waals surface area contributed by atoms with Crippen LogP contribution in [-0.2, 0) is 6.54 Å². The van der Waals surface area contributed by atoms with Gasteiger partial charge in [-0.3, -0.25) is 0 Å². The van der Waals surface area contributed by atoms with Crippen LogP contribution in [0.15, 0.2) is 29.3 Å². The van der Waals surface area contributed by atoms with Gasteiger partial charge in [0.05, 0.1) is 6.54 Å². The summed E-state index contributed by atoms with van der Waals surface area (Å²) in [6.07, 6.45) is -4.25. The zero-order valence-corrected chi connectivity index (χ0v) is 13.3. The molecule has 1 rings (SSSR count). The van der Waals surface area contributed by atoms with E-state index >= 15 is 0 Å². The molecule has 0 saturated carbocycles. The highest BCUT2D eigenvalue weighted by Crippen LogP contribution is 2.21. The van der Waals surface area contributed by atoms with Crippen LogP contribution >= 0.6 is 11.6 Å². The first-order valence-electron chi connectivity index (χ1n) is 7.24. The van der Waals surface area contributed by atoms with E-state index in [1.165, 1.54) is 0 Å². The summed E-state index contributed by atoms with van der Waals surface area (Å²) in [5, 5.41) is 6.76. The van der Waals surface area contributed by atoms with E-state index in [1.807, 2.05) is 19.1 Å². The van der Waals surface area contributed by atoms with Crippen LogP contribution in [0.5, 0.6) is 0 Å². The normalized spacial score (nSPS) is 12.3. The van der Waals surface area contributed by atoms with Gasteiger partial charge in [-0.15, -0.1) is 0 Å². The first-order valence-corrected chi connectivity index (χ1v) is 7.62. The fourth-order valence-electron chi connectivity index (χ4n) is 1.76. The highest BCUT2D eigenvalue weighted by molar-refractivity contribution is 6.30. The van der Waals surface area contributed by atoms with Crippen LogP contribution in [-0.4, -0.2) is 25.2 Å². The highest BCUT2D eigenvalue weighted by atomic mass is 35.5. The minimum absolute atomic E-state index is 0.118. The lowest BCUT2D eigenvalue weighted by atomic mass is 10.2. The number of hydrogen-bond donors (Lipinski definition) is 2. The molecule has 2 N–H and O–H groups in total. The summed E-state index contributed by atoms with van der Waals surface area (Å²) in [6.45, 7) is 3.57. The van der Waals surface area contributed by atoms with Crippen molar-refractivity contribution >= 4 is 17.6 Å². The van der Waals surface area contributed by atoms with E-state index in [0.717, 1.165) is 5.56 Å². The van der Waals surface area contributed by atoms with Gasteiger partial charge in [0.2, 0.25) is 0 Å². The molecule has 0 spiro atoms. The maximum atomic E-state index is 12.0. The Kier molecular flexibility index (Phi) is 8.09. The lowest BCUT2D eigenvalue weighted by Crippen LogP contribution is -2.37. The minimum atomic E-state index is -4.08. The molecule has 3 nitrogen and oxygen atoms in total. The second kappa shape index (κ2) is 9.56. The third kappa shape index (κ3) is 8.77. The van der Waals surface area contributed by atoms with E-state index in [-0.39, 0.29) is 6.42 Å². The molecule has 0 aliphatic heterocycles. The minimum Gasteiger partial charge on any atom is -0.357 e. The molecule has 0 radical (unpaired) electrons. The maximum absolute atomic E-state index is 12.0. The summed E-state index contributed by atoms with van der Waals surface area (Å²) < 4.78 is 36.1. The average molecular weight is 336 g/mol. The van der Waals surface area contributed by atoms with Gasteiger partial charge in [-0.05, 0) is 37.5 Å². The Morgan fingerprint density at radius 2 is 1.82 bits per heavy atom. The van der Waals surface area contributed by atoms with Gasteiger partial charge in [0.25, 0.3) is 0 Å². The molecule has 0 aromatic heterocycles. The predicted molar refractivity (Wildman–Crippen MR) is 84.2 cm³/mol. The van der Waals surface area contributed by atoms with Crippen LogP contribution in [0.25, 0.3) is 0 Å². The van der Waals surface area contributed by atoms with Crippen molar-refractivity contribution in [3.63, 3.8) is 0 Å². The van der Waals surface area contributed by atoms with E-state index in [0.29, 0.717) is 37.0 Å². The standard InChI is InChI=1S/C15H21ClF3N3/c1-2-20-14(21-10-4-3-9-15(17,18)19)22-11-12-5-7-13(16)8-6-12/h5-8H,2-4,9-11H2,1H3,(H2,20,21,22). The highest BCUT2D eigenvalue weighted by Gasteiger charge is 2.25. The van der Waals surface area contributed by atoms with Crippen molar-refractivity contribution in [1.29, 1.82) is 0 Å². The van der Waals surface area contributed by atoms with Crippen molar-refractivity contribution in [2.24, 2.45) is 4.99 Å². The number of guanidine groups is 1. The number of aliphatic imine (C=N–C) groups is 1. The van der Waals surface area contributed by atoms with Gasteiger partial charge in [0.15, 0.2) is 5.96 Å². The van der Waals surface area contributed by atoms with Crippen LogP contribution in [0.2, 0.25) is 5.02 Å². The molecule has 0 unspecified atom stereocenters. The molecular formula is C15H21ClF3N3. The first-order chi connectivity index (χ1) is 10.4. The van der Waals surface area contributed by atoms with E-state index < -0.39 is 12.6 Å².